The molecule has 0 spiro atoms. The van der Waals surface area contributed by atoms with Crippen LogP contribution in [0.1, 0.15) is 57.9 Å². The fourth-order valence-electron chi connectivity index (χ4n) is 3.52. The highest BCUT2D eigenvalue weighted by atomic mass is 32.1. The average molecular weight is 401 g/mol. The molecule has 2 heterocycles. The van der Waals surface area contributed by atoms with Gasteiger partial charge < -0.3 is 19.5 Å². The Balaban J connectivity index is 1.30. The molecule has 0 saturated heterocycles. The van der Waals surface area contributed by atoms with Gasteiger partial charge in [-0.1, -0.05) is 12.5 Å². The van der Waals surface area contributed by atoms with Crippen LogP contribution >= 0.6 is 11.3 Å². The number of esters is 1. The zero-order chi connectivity index (χ0) is 19.5. The highest BCUT2D eigenvalue weighted by molar-refractivity contribution is 7.14. The van der Waals surface area contributed by atoms with Crippen LogP contribution in [0, 0.1) is 0 Å². The van der Waals surface area contributed by atoms with Crippen molar-refractivity contribution in [1.29, 1.82) is 0 Å². The molecule has 1 N–H and O–H groups in total. The number of ether oxygens (including phenoxy) is 3. The molecule has 0 saturated carbocycles. The van der Waals surface area contributed by atoms with Crippen LogP contribution in [-0.2, 0) is 22.4 Å². The van der Waals surface area contributed by atoms with Crippen molar-refractivity contribution in [3.8, 4) is 11.5 Å². The number of hydrogen-bond acceptors (Lipinski definition) is 6. The molecule has 1 unspecified atom stereocenters. The Morgan fingerprint density at radius 2 is 1.96 bits per heavy atom. The number of carbonyl (C=O) groups is 2. The lowest BCUT2D eigenvalue weighted by molar-refractivity contribution is -0.124. The van der Waals surface area contributed by atoms with Crippen LogP contribution < -0.4 is 14.8 Å². The van der Waals surface area contributed by atoms with E-state index in [-0.39, 0.29) is 25.3 Å². The number of thiophene rings is 1. The molecule has 6 nitrogen and oxygen atoms in total. The summed E-state index contributed by atoms with van der Waals surface area (Å²) in [6.07, 6.45) is 5.62. The smallest absolute Gasteiger partial charge is 0.348 e. The van der Waals surface area contributed by atoms with E-state index in [4.69, 9.17) is 14.2 Å². The van der Waals surface area contributed by atoms with Crippen LogP contribution in [0.5, 0.6) is 11.5 Å². The van der Waals surface area contributed by atoms with Crippen molar-refractivity contribution in [3.63, 3.8) is 0 Å². The Morgan fingerprint density at radius 1 is 1.14 bits per heavy atom. The van der Waals surface area contributed by atoms with Crippen LogP contribution in [0.25, 0.3) is 0 Å². The lowest BCUT2D eigenvalue weighted by Gasteiger charge is -2.14. The molecule has 4 rings (SSSR count). The molecule has 1 aromatic heterocycles. The largest absolute Gasteiger partial charge is 0.454 e. The van der Waals surface area contributed by atoms with Gasteiger partial charge >= 0.3 is 5.97 Å². The maximum Gasteiger partial charge on any atom is 0.348 e. The molecular formula is C21H23NO5S. The van der Waals surface area contributed by atoms with Gasteiger partial charge in [0.05, 0.1) is 6.04 Å². The van der Waals surface area contributed by atoms with Gasteiger partial charge in [-0.05, 0) is 61.9 Å². The molecule has 1 aliphatic heterocycles. The maximum absolute atomic E-state index is 12.3. The highest BCUT2D eigenvalue weighted by Crippen LogP contribution is 2.34. The van der Waals surface area contributed by atoms with Gasteiger partial charge in [0, 0.05) is 4.88 Å². The van der Waals surface area contributed by atoms with E-state index >= 15 is 0 Å². The lowest BCUT2D eigenvalue weighted by Crippen LogP contribution is -2.31. The molecule has 1 aliphatic carbocycles. The van der Waals surface area contributed by atoms with Crippen LogP contribution in [-0.4, -0.2) is 25.3 Å². The van der Waals surface area contributed by atoms with E-state index in [9.17, 15) is 9.59 Å². The Morgan fingerprint density at radius 3 is 2.86 bits per heavy atom. The number of fused-ring (bicyclic) bond motifs is 2. The van der Waals surface area contributed by atoms with Gasteiger partial charge in [0.15, 0.2) is 18.1 Å². The minimum atomic E-state index is -0.427. The quantitative estimate of drug-likeness (QED) is 0.610. The predicted octanol–water partition coefficient (Wildman–Crippen LogP) is 3.78. The number of hydrogen-bond donors (Lipinski definition) is 1. The summed E-state index contributed by atoms with van der Waals surface area (Å²) in [5.74, 6) is 0.605. The van der Waals surface area contributed by atoms with Crippen LogP contribution in [0.4, 0.5) is 0 Å². The Bertz CT molecular complexity index is 867. The Kier molecular flexibility index (Phi) is 5.52. The van der Waals surface area contributed by atoms with Gasteiger partial charge in [-0.15, -0.1) is 11.3 Å². The van der Waals surface area contributed by atoms with Crippen molar-refractivity contribution < 1.29 is 23.8 Å². The van der Waals surface area contributed by atoms with Crippen molar-refractivity contribution in [3.05, 3.63) is 45.1 Å². The van der Waals surface area contributed by atoms with Crippen LogP contribution in [0.2, 0.25) is 0 Å². The van der Waals surface area contributed by atoms with E-state index in [1.165, 1.54) is 41.0 Å². The Hall–Kier alpha value is -2.54. The minimum Gasteiger partial charge on any atom is -0.454 e. The SMILES string of the molecule is CC(NC(=O)COC(=O)c1cc2c(s1)CCCCC2)c1ccc2c(c1)OCO2. The normalized spacial score (nSPS) is 16.0. The molecule has 1 aromatic carbocycles. The molecule has 28 heavy (non-hydrogen) atoms. The van der Waals surface area contributed by atoms with E-state index in [0.717, 1.165) is 18.4 Å². The summed E-state index contributed by atoms with van der Waals surface area (Å²) in [5, 5.41) is 2.84. The van der Waals surface area contributed by atoms with Gasteiger partial charge in [0.25, 0.3) is 5.91 Å². The number of rotatable bonds is 5. The topological polar surface area (TPSA) is 73.9 Å². The molecule has 148 valence electrons. The molecule has 2 aliphatic rings. The van der Waals surface area contributed by atoms with Crippen molar-refractivity contribution in [1.82, 2.24) is 5.32 Å². The zero-order valence-electron chi connectivity index (χ0n) is 15.8. The third-order valence-electron chi connectivity index (χ3n) is 5.06. The monoisotopic (exact) mass is 401 g/mol. The van der Waals surface area contributed by atoms with Crippen molar-refractivity contribution in [2.45, 2.75) is 45.1 Å². The molecular weight excluding hydrogens is 378 g/mol. The standard InChI is InChI=1S/C21H23NO5S/c1-13(14-7-8-16-17(9-14)27-12-26-16)22-20(23)11-25-21(24)19-10-15-5-3-2-4-6-18(15)28-19/h7-10,13H,2-6,11-12H2,1H3,(H,22,23). The number of benzene rings is 1. The number of amides is 1. The van der Waals surface area contributed by atoms with E-state index < -0.39 is 5.97 Å². The van der Waals surface area contributed by atoms with Gasteiger partial charge in [0.1, 0.15) is 4.88 Å². The first-order chi connectivity index (χ1) is 13.6. The summed E-state index contributed by atoms with van der Waals surface area (Å²) in [5.41, 5.74) is 2.15. The second-order valence-electron chi connectivity index (χ2n) is 7.10. The molecule has 0 bridgehead atoms. The number of aryl methyl sites for hydroxylation is 2. The maximum atomic E-state index is 12.3. The van der Waals surface area contributed by atoms with Crippen molar-refractivity contribution in [2.75, 3.05) is 13.4 Å². The van der Waals surface area contributed by atoms with Gasteiger partial charge in [-0.2, -0.15) is 0 Å². The highest BCUT2D eigenvalue weighted by Gasteiger charge is 2.20. The summed E-state index contributed by atoms with van der Waals surface area (Å²) in [4.78, 5) is 26.4. The molecule has 7 heteroatoms. The first-order valence-electron chi connectivity index (χ1n) is 9.58. The predicted molar refractivity (Wildman–Crippen MR) is 105 cm³/mol. The third-order valence-corrected chi connectivity index (χ3v) is 6.27. The minimum absolute atomic E-state index is 0.210. The summed E-state index contributed by atoms with van der Waals surface area (Å²) in [7, 11) is 0. The van der Waals surface area contributed by atoms with Gasteiger partial charge in [-0.25, -0.2) is 4.79 Å². The van der Waals surface area contributed by atoms with Crippen molar-refractivity contribution >= 4 is 23.2 Å². The van der Waals surface area contributed by atoms with Gasteiger partial charge in [-0.3, -0.25) is 4.79 Å². The molecule has 0 radical (unpaired) electrons. The first-order valence-corrected chi connectivity index (χ1v) is 10.4. The third kappa shape index (κ3) is 4.14. The first kappa shape index (κ1) is 18.8. The fraction of sp³-hybridized carbons (Fsp3) is 0.429. The van der Waals surface area contributed by atoms with E-state index in [1.807, 2.05) is 31.2 Å². The van der Waals surface area contributed by atoms with E-state index in [0.29, 0.717) is 16.4 Å². The van der Waals surface area contributed by atoms with E-state index in [1.54, 1.807) is 0 Å². The summed E-state index contributed by atoms with van der Waals surface area (Å²) < 4.78 is 15.9. The van der Waals surface area contributed by atoms with Crippen molar-refractivity contribution in [2.24, 2.45) is 0 Å². The fourth-order valence-corrected chi connectivity index (χ4v) is 4.67. The summed E-state index contributed by atoms with van der Waals surface area (Å²) in [6, 6.07) is 7.24. The van der Waals surface area contributed by atoms with Crippen LogP contribution in [0.3, 0.4) is 0 Å². The summed E-state index contributed by atoms with van der Waals surface area (Å²) in [6.45, 7) is 1.78. The lowest BCUT2D eigenvalue weighted by atomic mass is 10.1. The molecule has 1 amide bonds. The summed E-state index contributed by atoms with van der Waals surface area (Å²) >= 11 is 1.50. The average Bonchev–Trinajstić information content (AvgIpc) is 3.27. The molecule has 2 aromatic rings. The second-order valence-corrected chi connectivity index (χ2v) is 8.23. The zero-order valence-corrected chi connectivity index (χ0v) is 16.6. The number of nitrogens with one attached hydrogen (secondary N) is 1. The Labute approximate surface area is 167 Å². The molecule has 1 atom stereocenters. The second kappa shape index (κ2) is 8.22. The number of carbonyl (C=O) groups excluding carboxylic acids is 2. The molecule has 0 fully saturated rings. The van der Waals surface area contributed by atoms with Gasteiger partial charge in [0.2, 0.25) is 6.79 Å². The van der Waals surface area contributed by atoms with E-state index in [2.05, 4.69) is 5.32 Å². The van der Waals surface area contributed by atoms with Crippen LogP contribution in [0.15, 0.2) is 24.3 Å².